The molecule has 1 aromatic heterocycles. The number of halogens is 1. The first kappa shape index (κ1) is 11.8. The molecule has 0 bridgehead atoms. The van der Waals surface area contributed by atoms with Crippen molar-refractivity contribution in [1.29, 1.82) is 0 Å². The lowest BCUT2D eigenvalue weighted by molar-refractivity contribution is 0.320. The lowest BCUT2D eigenvalue weighted by Crippen LogP contribution is -2.39. The molecule has 88 valence electrons. The van der Waals surface area contributed by atoms with Gasteiger partial charge < -0.3 is 4.90 Å². The summed E-state index contributed by atoms with van der Waals surface area (Å²) < 4.78 is 0.982. The van der Waals surface area contributed by atoms with E-state index in [0.717, 1.165) is 16.2 Å². The van der Waals surface area contributed by atoms with Crippen LogP contribution in [-0.4, -0.2) is 23.1 Å². The monoisotopic (exact) mass is 283 g/mol. The van der Waals surface area contributed by atoms with E-state index in [9.17, 15) is 0 Å². The van der Waals surface area contributed by atoms with Crippen LogP contribution in [0.5, 0.6) is 0 Å². The molecule has 3 nitrogen and oxygen atoms in total. The van der Waals surface area contributed by atoms with Gasteiger partial charge in [0.05, 0.1) is 4.47 Å². The maximum absolute atomic E-state index is 4.36. The predicted molar refractivity (Wildman–Crippen MR) is 69.6 cm³/mol. The zero-order valence-corrected chi connectivity index (χ0v) is 11.4. The van der Waals surface area contributed by atoms with E-state index in [1.54, 1.807) is 6.33 Å². The van der Waals surface area contributed by atoms with E-state index in [2.05, 4.69) is 44.8 Å². The maximum atomic E-state index is 4.36. The summed E-state index contributed by atoms with van der Waals surface area (Å²) >= 11 is 3.52. The Morgan fingerprint density at radius 1 is 1.38 bits per heavy atom. The minimum Gasteiger partial charge on any atom is -0.355 e. The van der Waals surface area contributed by atoms with E-state index in [-0.39, 0.29) is 0 Å². The first-order chi connectivity index (χ1) is 7.70. The molecule has 16 heavy (non-hydrogen) atoms. The summed E-state index contributed by atoms with van der Waals surface area (Å²) in [7, 11) is 2.14. The molecule has 0 aliphatic heterocycles. The highest BCUT2D eigenvalue weighted by Crippen LogP contribution is 2.32. The lowest BCUT2D eigenvalue weighted by Gasteiger charge is -2.37. The number of nitrogens with zero attached hydrogens (tertiary/aromatic N) is 3. The standard InChI is InChI=1S/C12H18BrN3/c1-9-5-3-4-6-11(9)16(2)12-10(13)7-14-8-15-12/h7-9,11H,3-6H2,1-2H3. The van der Waals surface area contributed by atoms with Gasteiger partial charge in [0.1, 0.15) is 12.1 Å². The summed E-state index contributed by atoms with van der Waals surface area (Å²) in [5, 5.41) is 0. The molecule has 4 heteroatoms. The van der Waals surface area contributed by atoms with Crippen LogP contribution in [0, 0.1) is 5.92 Å². The molecule has 0 amide bonds. The summed E-state index contributed by atoms with van der Waals surface area (Å²) in [5.74, 6) is 1.76. The topological polar surface area (TPSA) is 29.0 Å². The molecular weight excluding hydrogens is 266 g/mol. The van der Waals surface area contributed by atoms with E-state index < -0.39 is 0 Å². The molecule has 1 aromatic rings. The highest BCUT2D eigenvalue weighted by molar-refractivity contribution is 9.10. The second-order valence-corrected chi connectivity index (χ2v) is 5.49. The molecule has 2 unspecified atom stereocenters. The Balaban J connectivity index is 2.17. The molecule has 2 atom stereocenters. The van der Waals surface area contributed by atoms with Crippen LogP contribution < -0.4 is 4.90 Å². The summed E-state index contributed by atoms with van der Waals surface area (Å²) in [6.07, 6.45) is 8.74. The minimum atomic E-state index is 0.611. The van der Waals surface area contributed by atoms with E-state index in [4.69, 9.17) is 0 Å². The molecule has 0 saturated heterocycles. The Labute approximate surface area is 105 Å². The lowest BCUT2D eigenvalue weighted by atomic mass is 9.85. The SMILES string of the molecule is CC1CCCCC1N(C)c1ncncc1Br. The van der Waals surface area contributed by atoms with Crippen LogP contribution in [0.1, 0.15) is 32.6 Å². The van der Waals surface area contributed by atoms with E-state index in [1.807, 2.05) is 6.20 Å². The second kappa shape index (κ2) is 5.13. The third-order valence-corrected chi connectivity index (χ3v) is 4.11. The van der Waals surface area contributed by atoms with Gasteiger partial charge in [-0.15, -0.1) is 0 Å². The number of anilines is 1. The van der Waals surface area contributed by atoms with Crippen molar-refractivity contribution in [2.45, 2.75) is 38.6 Å². The molecule has 0 aromatic carbocycles. The Morgan fingerprint density at radius 2 is 2.12 bits per heavy atom. The maximum Gasteiger partial charge on any atom is 0.146 e. The number of aromatic nitrogens is 2. The third-order valence-electron chi connectivity index (χ3n) is 3.55. The number of rotatable bonds is 2. The van der Waals surface area contributed by atoms with Crippen molar-refractivity contribution in [1.82, 2.24) is 9.97 Å². The molecule has 0 radical (unpaired) electrons. The summed E-state index contributed by atoms with van der Waals surface area (Å²) in [4.78, 5) is 10.7. The van der Waals surface area contributed by atoms with Crippen LogP contribution in [0.2, 0.25) is 0 Å². The third kappa shape index (κ3) is 2.37. The molecule has 1 fully saturated rings. The van der Waals surface area contributed by atoms with Crippen molar-refractivity contribution in [3.05, 3.63) is 17.0 Å². The predicted octanol–water partition coefficient (Wildman–Crippen LogP) is 3.25. The van der Waals surface area contributed by atoms with Gasteiger partial charge in [0.15, 0.2) is 0 Å². The molecule has 1 saturated carbocycles. The first-order valence-electron chi connectivity index (χ1n) is 5.88. The Morgan fingerprint density at radius 3 is 2.81 bits per heavy atom. The zero-order chi connectivity index (χ0) is 11.5. The average Bonchev–Trinajstić information content (AvgIpc) is 2.29. The molecule has 2 rings (SSSR count). The van der Waals surface area contributed by atoms with Gasteiger partial charge in [-0.2, -0.15) is 0 Å². The van der Waals surface area contributed by atoms with Crippen molar-refractivity contribution < 1.29 is 0 Å². The molecule has 0 spiro atoms. The molecule has 1 heterocycles. The summed E-state index contributed by atoms with van der Waals surface area (Å²) in [5.41, 5.74) is 0. The van der Waals surface area contributed by atoms with Gasteiger partial charge in [-0.1, -0.05) is 19.8 Å². The fourth-order valence-corrected chi connectivity index (χ4v) is 3.10. The molecule has 1 aliphatic carbocycles. The number of hydrogen-bond acceptors (Lipinski definition) is 3. The minimum absolute atomic E-state index is 0.611. The Kier molecular flexibility index (Phi) is 3.79. The van der Waals surface area contributed by atoms with Crippen LogP contribution in [0.15, 0.2) is 17.0 Å². The zero-order valence-electron chi connectivity index (χ0n) is 9.86. The van der Waals surface area contributed by atoms with Crippen molar-refractivity contribution in [3.63, 3.8) is 0 Å². The largest absolute Gasteiger partial charge is 0.355 e. The Bertz CT molecular complexity index is 356. The van der Waals surface area contributed by atoms with Crippen LogP contribution in [0.3, 0.4) is 0 Å². The normalized spacial score (nSPS) is 25.4. The average molecular weight is 284 g/mol. The van der Waals surface area contributed by atoms with Gasteiger partial charge >= 0.3 is 0 Å². The fraction of sp³-hybridized carbons (Fsp3) is 0.667. The van der Waals surface area contributed by atoms with E-state index in [1.165, 1.54) is 25.7 Å². The van der Waals surface area contributed by atoms with Crippen LogP contribution in [0.25, 0.3) is 0 Å². The molecular formula is C12H18BrN3. The molecule has 0 N–H and O–H groups in total. The van der Waals surface area contributed by atoms with Crippen molar-refractivity contribution in [2.75, 3.05) is 11.9 Å². The highest BCUT2D eigenvalue weighted by Gasteiger charge is 2.26. The molecule has 1 aliphatic rings. The fourth-order valence-electron chi connectivity index (χ4n) is 2.59. The second-order valence-electron chi connectivity index (χ2n) is 4.63. The van der Waals surface area contributed by atoms with Crippen LogP contribution >= 0.6 is 15.9 Å². The van der Waals surface area contributed by atoms with E-state index >= 15 is 0 Å². The summed E-state index contributed by atoms with van der Waals surface area (Å²) in [6, 6.07) is 0.611. The van der Waals surface area contributed by atoms with Crippen LogP contribution in [-0.2, 0) is 0 Å². The van der Waals surface area contributed by atoms with Gasteiger partial charge in [-0.3, -0.25) is 0 Å². The number of hydrogen-bond donors (Lipinski definition) is 0. The van der Waals surface area contributed by atoms with Gasteiger partial charge in [0, 0.05) is 19.3 Å². The van der Waals surface area contributed by atoms with Crippen LogP contribution in [0.4, 0.5) is 5.82 Å². The quantitative estimate of drug-likeness (QED) is 0.834. The van der Waals surface area contributed by atoms with Crippen molar-refractivity contribution in [3.8, 4) is 0 Å². The summed E-state index contributed by atoms with van der Waals surface area (Å²) in [6.45, 7) is 2.34. The van der Waals surface area contributed by atoms with Gasteiger partial charge in [0.2, 0.25) is 0 Å². The smallest absolute Gasteiger partial charge is 0.146 e. The van der Waals surface area contributed by atoms with Gasteiger partial charge in [-0.05, 0) is 34.7 Å². The van der Waals surface area contributed by atoms with Crippen molar-refractivity contribution >= 4 is 21.7 Å². The van der Waals surface area contributed by atoms with Gasteiger partial charge in [-0.25, -0.2) is 9.97 Å². The van der Waals surface area contributed by atoms with Crippen molar-refractivity contribution in [2.24, 2.45) is 5.92 Å². The highest BCUT2D eigenvalue weighted by atomic mass is 79.9. The van der Waals surface area contributed by atoms with Gasteiger partial charge in [0.25, 0.3) is 0 Å². The Hall–Kier alpha value is -0.640. The van der Waals surface area contributed by atoms with E-state index in [0.29, 0.717) is 6.04 Å². The first-order valence-corrected chi connectivity index (χ1v) is 6.68.